The zero-order chi connectivity index (χ0) is 18.4. The van der Waals surface area contributed by atoms with Gasteiger partial charge in [-0.1, -0.05) is 18.2 Å². The van der Waals surface area contributed by atoms with Crippen LogP contribution in [0.25, 0.3) is 0 Å². The first-order valence-corrected chi connectivity index (χ1v) is 8.51. The molecule has 1 unspecified atom stereocenters. The quantitative estimate of drug-likeness (QED) is 0.848. The van der Waals surface area contributed by atoms with Crippen molar-refractivity contribution in [3.63, 3.8) is 0 Å². The molecule has 2 heterocycles. The summed E-state index contributed by atoms with van der Waals surface area (Å²) in [5, 5.41) is 9.36. The number of nitrogens with zero attached hydrogens (tertiary/aromatic N) is 3. The summed E-state index contributed by atoms with van der Waals surface area (Å²) in [6, 6.07) is 12.6. The second-order valence-electron chi connectivity index (χ2n) is 6.04. The largest absolute Gasteiger partial charge is 0.478 e. The predicted octanol–water partition coefficient (Wildman–Crippen LogP) is 1.65. The smallest absolute Gasteiger partial charge is 0.345 e. The van der Waals surface area contributed by atoms with Crippen LogP contribution in [0.2, 0.25) is 0 Å². The van der Waals surface area contributed by atoms with Crippen molar-refractivity contribution in [2.45, 2.75) is 12.5 Å². The molecule has 1 N–H and O–H groups in total. The van der Waals surface area contributed by atoms with Gasteiger partial charge in [-0.15, -0.1) is 0 Å². The minimum atomic E-state index is -1.19. The van der Waals surface area contributed by atoms with E-state index in [4.69, 9.17) is 4.74 Å². The van der Waals surface area contributed by atoms with E-state index < -0.39 is 12.1 Å². The van der Waals surface area contributed by atoms with E-state index in [1.807, 2.05) is 18.2 Å². The van der Waals surface area contributed by atoms with E-state index in [0.717, 1.165) is 5.69 Å². The van der Waals surface area contributed by atoms with E-state index in [-0.39, 0.29) is 12.3 Å². The lowest BCUT2D eigenvalue weighted by Gasteiger charge is -2.36. The van der Waals surface area contributed by atoms with Gasteiger partial charge in [-0.05, 0) is 24.3 Å². The minimum absolute atomic E-state index is 0.181. The maximum Gasteiger partial charge on any atom is 0.345 e. The first-order chi connectivity index (χ1) is 12.6. The number of ether oxygens (including phenoxy) is 1. The first-order valence-electron chi connectivity index (χ1n) is 8.51. The molecule has 3 rings (SSSR count). The Labute approximate surface area is 151 Å². The van der Waals surface area contributed by atoms with E-state index >= 15 is 0 Å². The Morgan fingerprint density at radius 3 is 2.31 bits per heavy atom. The zero-order valence-electron chi connectivity index (χ0n) is 14.3. The number of carboxylic acid groups (broad SMARTS) is 1. The number of benzene rings is 1. The van der Waals surface area contributed by atoms with Crippen molar-refractivity contribution >= 4 is 17.6 Å². The van der Waals surface area contributed by atoms with Gasteiger partial charge in [0.05, 0.1) is 6.42 Å². The van der Waals surface area contributed by atoms with E-state index in [9.17, 15) is 14.7 Å². The van der Waals surface area contributed by atoms with Gasteiger partial charge in [-0.3, -0.25) is 9.78 Å². The lowest BCUT2D eigenvalue weighted by Crippen LogP contribution is -2.50. The lowest BCUT2D eigenvalue weighted by molar-refractivity contribution is -0.149. The lowest BCUT2D eigenvalue weighted by atomic mass is 10.2. The number of aliphatic carboxylic acids is 1. The maximum absolute atomic E-state index is 12.5. The highest BCUT2D eigenvalue weighted by molar-refractivity contribution is 5.84. The molecule has 7 heteroatoms. The SMILES string of the molecule is O=C(O)C(CC(=O)N1CCN(c2ccncc2)CC1)Oc1ccccc1. The topological polar surface area (TPSA) is 83.0 Å². The molecule has 0 saturated carbocycles. The Morgan fingerprint density at radius 2 is 1.69 bits per heavy atom. The summed E-state index contributed by atoms with van der Waals surface area (Å²) in [6.45, 7) is 2.51. The van der Waals surface area contributed by atoms with Gasteiger partial charge in [0.2, 0.25) is 12.0 Å². The van der Waals surface area contributed by atoms with Crippen LogP contribution >= 0.6 is 0 Å². The van der Waals surface area contributed by atoms with Crippen molar-refractivity contribution in [1.29, 1.82) is 0 Å². The van der Waals surface area contributed by atoms with Crippen molar-refractivity contribution in [1.82, 2.24) is 9.88 Å². The molecule has 0 aliphatic carbocycles. The van der Waals surface area contributed by atoms with Gasteiger partial charge in [0.25, 0.3) is 0 Å². The maximum atomic E-state index is 12.5. The number of pyridine rings is 1. The number of anilines is 1. The average Bonchev–Trinajstić information content (AvgIpc) is 2.69. The normalized spacial score (nSPS) is 15.4. The van der Waals surface area contributed by atoms with Crippen molar-refractivity contribution < 1.29 is 19.4 Å². The summed E-state index contributed by atoms with van der Waals surface area (Å²) in [6.07, 6.45) is 2.11. The number of hydrogen-bond acceptors (Lipinski definition) is 5. The van der Waals surface area contributed by atoms with Crippen LogP contribution in [-0.2, 0) is 9.59 Å². The minimum Gasteiger partial charge on any atom is -0.478 e. The van der Waals surface area contributed by atoms with Crippen molar-refractivity contribution in [2.24, 2.45) is 0 Å². The van der Waals surface area contributed by atoms with Crippen LogP contribution in [0.3, 0.4) is 0 Å². The van der Waals surface area contributed by atoms with Gasteiger partial charge < -0.3 is 19.6 Å². The second kappa shape index (κ2) is 8.33. The summed E-state index contributed by atoms with van der Waals surface area (Å²) in [5.74, 6) is -0.907. The number of carboxylic acids is 1. The molecule has 0 spiro atoms. The molecule has 1 amide bonds. The molecule has 1 aromatic heterocycles. The predicted molar refractivity (Wildman–Crippen MR) is 96.1 cm³/mol. The number of para-hydroxylation sites is 1. The van der Waals surface area contributed by atoms with Crippen LogP contribution in [0.1, 0.15) is 6.42 Å². The first kappa shape index (κ1) is 17.7. The summed E-state index contributed by atoms with van der Waals surface area (Å²) in [7, 11) is 0. The molecule has 7 nitrogen and oxygen atoms in total. The molecular formula is C19H21N3O4. The third-order valence-corrected chi connectivity index (χ3v) is 4.32. The summed E-state index contributed by atoms with van der Waals surface area (Å²) < 4.78 is 5.46. The van der Waals surface area contributed by atoms with Crippen LogP contribution in [0.15, 0.2) is 54.9 Å². The van der Waals surface area contributed by atoms with E-state index in [0.29, 0.717) is 31.9 Å². The highest BCUT2D eigenvalue weighted by atomic mass is 16.5. The van der Waals surface area contributed by atoms with Crippen LogP contribution in [0.5, 0.6) is 5.75 Å². The standard InChI is InChI=1S/C19H21N3O4/c23-18(14-17(19(24)25)26-16-4-2-1-3-5-16)22-12-10-21(11-13-22)15-6-8-20-9-7-15/h1-9,17H,10-14H2,(H,24,25). The third-order valence-electron chi connectivity index (χ3n) is 4.32. The van der Waals surface area contributed by atoms with E-state index in [1.54, 1.807) is 41.6 Å². The number of carbonyl (C=O) groups excluding carboxylic acids is 1. The molecule has 0 radical (unpaired) electrons. The summed E-state index contributed by atoms with van der Waals surface area (Å²) in [5.41, 5.74) is 1.07. The second-order valence-corrected chi connectivity index (χ2v) is 6.04. The molecule has 1 aliphatic rings. The molecule has 1 aliphatic heterocycles. The number of aromatic nitrogens is 1. The molecular weight excluding hydrogens is 334 g/mol. The molecule has 0 bridgehead atoms. The van der Waals surface area contributed by atoms with Gasteiger partial charge >= 0.3 is 5.97 Å². The number of hydrogen-bond donors (Lipinski definition) is 1. The highest BCUT2D eigenvalue weighted by Gasteiger charge is 2.28. The van der Waals surface area contributed by atoms with Crippen LogP contribution in [-0.4, -0.2) is 59.1 Å². The zero-order valence-corrected chi connectivity index (χ0v) is 14.3. The average molecular weight is 355 g/mol. The fourth-order valence-electron chi connectivity index (χ4n) is 2.90. The number of piperazine rings is 1. The molecule has 1 aromatic carbocycles. The van der Waals surface area contributed by atoms with Crippen LogP contribution in [0.4, 0.5) is 5.69 Å². The summed E-state index contributed by atoms with van der Waals surface area (Å²) >= 11 is 0. The molecule has 26 heavy (non-hydrogen) atoms. The fourth-order valence-corrected chi connectivity index (χ4v) is 2.90. The Balaban J connectivity index is 1.54. The van der Waals surface area contributed by atoms with E-state index in [1.165, 1.54) is 0 Å². The third kappa shape index (κ3) is 4.50. The number of amides is 1. The van der Waals surface area contributed by atoms with E-state index in [2.05, 4.69) is 9.88 Å². The molecule has 1 fully saturated rings. The molecule has 1 atom stereocenters. The van der Waals surface area contributed by atoms with Gasteiger partial charge in [-0.2, -0.15) is 0 Å². The Bertz CT molecular complexity index is 731. The van der Waals surface area contributed by atoms with Crippen molar-refractivity contribution in [3.8, 4) is 5.75 Å². The Morgan fingerprint density at radius 1 is 1.04 bits per heavy atom. The fraction of sp³-hybridized carbons (Fsp3) is 0.316. The van der Waals surface area contributed by atoms with Gasteiger partial charge in [0.15, 0.2) is 0 Å². The monoisotopic (exact) mass is 355 g/mol. The van der Waals surface area contributed by atoms with Gasteiger partial charge in [-0.25, -0.2) is 4.79 Å². The molecule has 2 aromatic rings. The summed E-state index contributed by atoms with van der Waals surface area (Å²) in [4.78, 5) is 31.8. The number of carbonyl (C=O) groups is 2. The molecule has 136 valence electrons. The Kier molecular flexibility index (Phi) is 5.68. The van der Waals surface area contributed by atoms with Crippen LogP contribution < -0.4 is 9.64 Å². The van der Waals surface area contributed by atoms with Gasteiger partial charge in [0.1, 0.15) is 5.75 Å². The van der Waals surface area contributed by atoms with Crippen molar-refractivity contribution in [3.05, 3.63) is 54.9 Å². The Hall–Kier alpha value is -3.09. The highest BCUT2D eigenvalue weighted by Crippen LogP contribution is 2.17. The van der Waals surface area contributed by atoms with Crippen LogP contribution in [0, 0.1) is 0 Å². The van der Waals surface area contributed by atoms with Gasteiger partial charge in [0, 0.05) is 44.3 Å². The number of rotatable bonds is 6. The van der Waals surface area contributed by atoms with Crippen molar-refractivity contribution in [2.75, 3.05) is 31.1 Å². The molecule has 1 saturated heterocycles.